The van der Waals surface area contributed by atoms with Crippen LogP contribution in [0.3, 0.4) is 0 Å². The number of hydrogen-bond donors (Lipinski definition) is 2. The Morgan fingerprint density at radius 1 is 1.23 bits per heavy atom. The maximum absolute atomic E-state index is 13.1. The van der Waals surface area contributed by atoms with Gasteiger partial charge in [-0.15, -0.1) is 0 Å². The molecule has 0 saturated heterocycles. The first kappa shape index (κ1) is 20.7. The first-order chi connectivity index (χ1) is 15.1. The molecule has 2 fully saturated rings. The van der Waals surface area contributed by atoms with Gasteiger partial charge >= 0.3 is 0 Å². The van der Waals surface area contributed by atoms with Gasteiger partial charge in [0, 0.05) is 18.2 Å². The Kier molecular flexibility index (Phi) is 5.63. The van der Waals surface area contributed by atoms with Gasteiger partial charge < -0.3 is 5.32 Å². The number of fused-ring (bicyclic) bond motifs is 1. The van der Waals surface area contributed by atoms with Gasteiger partial charge in [0.2, 0.25) is 0 Å². The van der Waals surface area contributed by atoms with Crippen LogP contribution in [0.2, 0.25) is 0 Å². The maximum atomic E-state index is 13.1. The average molecular weight is 428 g/mol. The highest BCUT2D eigenvalue weighted by molar-refractivity contribution is 5.97. The molecule has 2 N–H and O–H groups in total. The zero-order valence-corrected chi connectivity index (χ0v) is 18.7. The Balaban J connectivity index is 1.55. The Hall–Kier alpha value is -2.15. The van der Waals surface area contributed by atoms with Gasteiger partial charge in [0.1, 0.15) is 5.60 Å². The van der Waals surface area contributed by atoms with Crippen LogP contribution in [-0.2, 0) is 11.4 Å². The molecular weight excluding hydrogens is 393 g/mol. The van der Waals surface area contributed by atoms with E-state index in [1.807, 2.05) is 10.9 Å². The number of anilines is 1. The van der Waals surface area contributed by atoms with Crippen molar-refractivity contribution in [2.24, 2.45) is 5.92 Å². The van der Waals surface area contributed by atoms with Crippen LogP contribution < -0.4 is 10.8 Å². The topological polar surface area (TPSA) is 64.0 Å². The summed E-state index contributed by atoms with van der Waals surface area (Å²) in [4.78, 5) is 11.1. The lowest BCUT2D eigenvalue weighted by Crippen LogP contribution is -2.35. The van der Waals surface area contributed by atoms with Gasteiger partial charge in [0.25, 0.3) is 0 Å². The van der Waals surface area contributed by atoms with Gasteiger partial charge in [-0.05, 0) is 64.4 Å². The fourth-order valence-corrected chi connectivity index (χ4v) is 5.53. The summed E-state index contributed by atoms with van der Waals surface area (Å²) in [5.41, 5.74) is 7.97. The van der Waals surface area contributed by atoms with Crippen LogP contribution in [0, 0.1) is 12.8 Å². The second kappa shape index (κ2) is 8.41. The summed E-state index contributed by atoms with van der Waals surface area (Å²) in [6, 6.07) is 0.472. The predicted octanol–water partition coefficient (Wildman–Crippen LogP) is 5.28. The third-order valence-electron chi connectivity index (χ3n) is 7.43. The summed E-state index contributed by atoms with van der Waals surface area (Å²) in [5.74, 6) is 0.176. The molecule has 31 heavy (non-hydrogen) atoms. The summed E-state index contributed by atoms with van der Waals surface area (Å²) >= 11 is 0. The molecule has 0 amide bonds. The quantitative estimate of drug-likeness (QED) is 0.680. The molecule has 0 atom stereocenters. The van der Waals surface area contributed by atoms with Crippen LogP contribution in [-0.4, -0.2) is 33.1 Å². The van der Waals surface area contributed by atoms with E-state index < -0.39 is 0 Å². The van der Waals surface area contributed by atoms with Crippen molar-refractivity contribution in [3.8, 4) is 0 Å². The summed E-state index contributed by atoms with van der Waals surface area (Å²) in [6.45, 7) is 4.73. The first-order valence-electron chi connectivity index (χ1n) is 12.0. The highest BCUT2D eigenvalue weighted by Gasteiger charge is 2.40. The maximum Gasteiger partial charge on any atom is 0.160 e. The number of hydrogen-bond acceptors (Lipinski definition) is 5. The molecule has 0 unspecified atom stereocenters. The van der Waals surface area contributed by atoms with E-state index in [1.165, 1.54) is 32.1 Å². The molecule has 5 rings (SSSR count). The van der Waals surface area contributed by atoms with E-state index in [2.05, 4.69) is 35.8 Å². The fraction of sp³-hybridized carbons (Fsp3) is 0.667. The minimum Gasteiger partial charge on any atom is -0.381 e. The molecule has 2 aromatic heterocycles. The van der Waals surface area contributed by atoms with E-state index in [0.717, 1.165) is 65.9 Å². The largest absolute Gasteiger partial charge is 0.381 e. The Labute approximate surface area is 183 Å². The molecule has 0 bridgehead atoms. The van der Waals surface area contributed by atoms with Crippen molar-refractivity contribution in [3.63, 3.8) is 0 Å². The molecule has 0 radical (unpaired) electrons. The SMILES string of the molecule is CCn1ncc2c(NC3CCCCC3)c(C3=CC4(CCC(CF)CC4)ON3)c(C)nc21. The zero-order chi connectivity index (χ0) is 21.4. The molecular formula is C24H34FN5O. The number of hydroxylamine groups is 1. The van der Waals surface area contributed by atoms with Crippen molar-refractivity contribution in [2.45, 2.75) is 89.8 Å². The molecule has 3 aliphatic rings. The van der Waals surface area contributed by atoms with E-state index in [-0.39, 0.29) is 18.2 Å². The molecule has 1 spiro atoms. The molecule has 6 nitrogen and oxygen atoms in total. The standard InChI is InChI=1S/C24H34FN5O/c1-3-30-23-19(15-26-30)22(28-18-7-5-4-6-8-18)21(16(2)27-23)20-13-24(31-29-20)11-9-17(14-25)10-12-24/h13,15,17-18,29H,3-12,14H2,1-2H3,(H,27,28). The van der Waals surface area contributed by atoms with E-state index >= 15 is 0 Å². The van der Waals surface area contributed by atoms with Crippen molar-refractivity contribution >= 4 is 22.4 Å². The number of alkyl halides is 1. The van der Waals surface area contributed by atoms with Crippen LogP contribution in [0.1, 0.15) is 76.0 Å². The number of halogens is 1. The van der Waals surface area contributed by atoms with Gasteiger partial charge in [-0.2, -0.15) is 5.10 Å². The van der Waals surface area contributed by atoms with Gasteiger partial charge in [0.05, 0.1) is 35.3 Å². The van der Waals surface area contributed by atoms with Crippen LogP contribution >= 0.6 is 0 Å². The second-order valence-electron chi connectivity index (χ2n) is 9.55. The fourth-order valence-electron chi connectivity index (χ4n) is 5.53. The monoisotopic (exact) mass is 427 g/mol. The molecule has 0 aromatic carbocycles. The average Bonchev–Trinajstić information content (AvgIpc) is 3.39. The van der Waals surface area contributed by atoms with Gasteiger partial charge in [-0.1, -0.05) is 19.3 Å². The molecule has 168 valence electrons. The van der Waals surface area contributed by atoms with E-state index in [1.54, 1.807) is 0 Å². The van der Waals surface area contributed by atoms with E-state index in [4.69, 9.17) is 9.82 Å². The molecule has 2 aromatic rings. The smallest absolute Gasteiger partial charge is 0.160 e. The third-order valence-corrected chi connectivity index (χ3v) is 7.43. The summed E-state index contributed by atoms with van der Waals surface area (Å²) in [5, 5.41) is 9.53. The highest BCUT2D eigenvalue weighted by Crippen LogP contribution is 2.43. The minimum absolute atomic E-state index is 0.176. The van der Waals surface area contributed by atoms with Crippen molar-refractivity contribution in [1.82, 2.24) is 20.2 Å². The van der Waals surface area contributed by atoms with Crippen LogP contribution in [0.15, 0.2) is 12.3 Å². The Morgan fingerprint density at radius 3 is 2.71 bits per heavy atom. The predicted molar refractivity (Wildman–Crippen MR) is 121 cm³/mol. The number of rotatable bonds is 5. The lowest BCUT2D eigenvalue weighted by atomic mass is 9.79. The van der Waals surface area contributed by atoms with Crippen LogP contribution in [0.25, 0.3) is 16.7 Å². The molecule has 7 heteroatoms. The van der Waals surface area contributed by atoms with Crippen molar-refractivity contribution in [1.29, 1.82) is 0 Å². The Morgan fingerprint density at radius 2 is 2.00 bits per heavy atom. The molecule has 1 aliphatic heterocycles. The number of aromatic nitrogens is 3. The summed E-state index contributed by atoms with van der Waals surface area (Å²) in [7, 11) is 0. The number of nitrogens with zero attached hydrogens (tertiary/aromatic N) is 3. The van der Waals surface area contributed by atoms with E-state index in [9.17, 15) is 4.39 Å². The van der Waals surface area contributed by atoms with E-state index in [0.29, 0.717) is 6.04 Å². The number of aryl methyl sites for hydroxylation is 2. The molecule has 2 aliphatic carbocycles. The highest BCUT2D eigenvalue weighted by atomic mass is 19.1. The van der Waals surface area contributed by atoms with Gasteiger partial charge in [-0.3, -0.25) is 14.7 Å². The van der Waals surface area contributed by atoms with Crippen LogP contribution in [0.4, 0.5) is 10.1 Å². The summed E-state index contributed by atoms with van der Waals surface area (Å²) < 4.78 is 15.1. The minimum atomic E-state index is -0.335. The number of pyridine rings is 1. The second-order valence-corrected chi connectivity index (χ2v) is 9.55. The van der Waals surface area contributed by atoms with Crippen molar-refractivity contribution < 1.29 is 9.23 Å². The normalized spacial score (nSPS) is 26.9. The van der Waals surface area contributed by atoms with Crippen LogP contribution in [0.5, 0.6) is 0 Å². The van der Waals surface area contributed by atoms with Crippen molar-refractivity contribution in [3.05, 3.63) is 23.5 Å². The molecule has 3 heterocycles. The lowest BCUT2D eigenvalue weighted by molar-refractivity contribution is -0.0646. The Bertz CT molecular complexity index is 970. The zero-order valence-electron chi connectivity index (χ0n) is 18.7. The van der Waals surface area contributed by atoms with Gasteiger partial charge in [0.15, 0.2) is 5.65 Å². The lowest BCUT2D eigenvalue weighted by Gasteiger charge is -2.33. The summed E-state index contributed by atoms with van der Waals surface area (Å²) in [6.07, 6.45) is 13.9. The third kappa shape index (κ3) is 3.81. The van der Waals surface area contributed by atoms with Gasteiger partial charge in [-0.25, -0.2) is 9.67 Å². The number of nitrogens with one attached hydrogen (secondary N) is 2. The molecule has 2 saturated carbocycles. The van der Waals surface area contributed by atoms with Crippen molar-refractivity contribution in [2.75, 3.05) is 12.0 Å². The first-order valence-corrected chi connectivity index (χ1v) is 12.0.